The third kappa shape index (κ3) is 2.59. The standard InChI is InChI=1S/C11H8N2O4S2/c1-17-6-9-10(14)12(11(18)19-9)7-3-2-4-8(5-7)13(15)16/h2-6H,1H3/b9-6+. The van der Waals surface area contributed by atoms with Gasteiger partial charge in [-0.05, 0) is 6.07 Å². The minimum Gasteiger partial charge on any atom is -0.503 e. The van der Waals surface area contributed by atoms with Gasteiger partial charge in [0.25, 0.3) is 11.6 Å². The average Bonchev–Trinajstić information content (AvgIpc) is 2.65. The molecule has 0 spiro atoms. The van der Waals surface area contributed by atoms with Crippen LogP contribution >= 0.6 is 24.0 Å². The van der Waals surface area contributed by atoms with Gasteiger partial charge in [0.1, 0.15) is 11.2 Å². The molecule has 0 N–H and O–H groups in total. The number of anilines is 1. The van der Waals surface area contributed by atoms with E-state index in [1.807, 2.05) is 0 Å². The highest BCUT2D eigenvalue weighted by molar-refractivity contribution is 8.27. The van der Waals surface area contributed by atoms with Gasteiger partial charge in [-0.25, -0.2) is 0 Å². The number of amides is 1. The molecule has 0 aromatic heterocycles. The van der Waals surface area contributed by atoms with Gasteiger partial charge in [-0.1, -0.05) is 30.0 Å². The summed E-state index contributed by atoms with van der Waals surface area (Å²) in [6.07, 6.45) is 1.30. The lowest BCUT2D eigenvalue weighted by molar-refractivity contribution is -0.384. The molecule has 8 heteroatoms. The van der Waals surface area contributed by atoms with E-state index < -0.39 is 4.92 Å². The van der Waals surface area contributed by atoms with Gasteiger partial charge in [0, 0.05) is 12.1 Å². The van der Waals surface area contributed by atoms with Crippen LogP contribution in [-0.4, -0.2) is 22.3 Å². The average molecular weight is 296 g/mol. The van der Waals surface area contributed by atoms with E-state index in [1.54, 1.807) is 6.07 Å². The van der Waals surface area contributed by atoms with Gasteiger partial charge in [0.2, 0.25) is 0 Å². The number of nitrogens with zero attached hydrogens (tertiary/aromatic N) is 2. The molecule has 6 nitrogen and oxygen atoms in total. The van der Waals surface area contributed by atoms with E-state index >= 15 is 0 Å². The van der Waals surface area contributed by atoms with Crippen molar-refractivity contribution in [2.45, 2.75) is 0 Å². The lowest BCUT2D eigenvalue weighted by Crippen LogP contribution is -2.27. The summed E-state index contributed by atoms with van der Waals surface area (Å²) >= 11 is 6.19. The van der Waals surface area contributed by atoms with Gasteiger partial charge >= 0.3 is 0 Å². The monoisotopic (exact) mass is 296 g/mol. The maximum absolute atomic E-state index is 12.1. The van der Waals surface area contributed by atoms with Crippen molar-refractivity contribution >= 4 is 45.6 Å². The molecule has 1 aromatic carbocycles. The first-order chi connectivity index (χ1) is 9.04. The summed E-state index contributed by atoms with van der Waals surface area (Å²) in [5, 5.41) is 10.7. The molecule has 1 fully saturated rings. The van der Waals surface area contributed by atoms with Crippen LogP contribution in [0.2, 0.25) is 0 Å². The number of thioether (sulfide) groups is 1. The van der Waals surface area contributed by atoms with Crippen LogP contribution in [0.1, 0.15) is 0 Å². The van der Waals surface area contributed by atoms with Gasteiger partial charge in [0.15, 0.2) is 4.32 Å². The molecule has 1 aromatic rings. The van der Waals surface area contributed by atoms with E-state index in [0.29, 0.717) is 14.9 Å². The first-order valence-corrected chi connectivity index (χ1v) is 6.30. The first kappa shape index (κ1) is 13.5. The Labute approximate surface area is 118 Å². The molecule has 1 heterocycles. The van der Waals surface area contributed by atoms with Gasteiger partial charge in [-0.2, -0.15) is 0 Å². The lowest BCUT2D eigenvalue weighted by Gasteiger charge is -2.13. The number of hydrogen-bond acceptors (Lipinski definition) is 6. The van der Waals surface area contributed by atoms with Crippen molar-refractivity contribution in [1.29, 1.82) is 0 Å². The summed E-state index contributed by atoms with van der Waals surface area (Å²) in [4.78, 5) is 23.9. The fourth-order valence-electron chi connectivity index (χ4n) is 1.53. The highest BCUT2D eigenvalue weighted by Crippen LogP contribution is 2.35. The Hall–Kier alpha value is -1.93. The van der Waals surface area contributed by atoms with Crippen LogP contribution in [0.25, 0.3) is 0 Å². The molecule has 0 radical (unpaired) electrons. The molecule has 98 valence electrons. The Morgan fingerprint density at radius 1 is 1.53 bits per heavy atom. The number of rotatable bonds is 3. The number of carbonyl (C=O) groups is 1. The van der Waals surface area contributed by atoms with E-state index in [9.17, 15) is 14.9 Å². The molecule has 19 heavy (non-hydrogen) atoms. The van der Waals surface area contributed by atoms with Crippen LogP contribution in [0.5, 0.6) is 0 Å². The van der Waals surface area contributed by atoms with E-state index in [0.717, 1.165) is 11.8 Å². The predicted octanol–water partition coefficient (Wildman–Crippen LogP) is 2.45. The Morgan fingerprint density at radius 3 is 2.89 bits per heavy atom. The molecular formula is C11H8N2O4S2. The third-order valence-electron chi connectivity index (χ3n) is 2.32. The van der Waals surface area contributed by atoms with Crippen molar-refractivity contribution in [1.82, 2.24) is 0 Å². The summed E-state index contributed by atoms with van der Waals surface area (Å²) in [6, 6.07) is 5.76. The van der Waals surface area contributed by atoms with Crippen molar-refractivity contribution in [2.24, 2.45) is 0 Å². The zero-order valence-corrected chi connectivity index (χ0v) is 11.4. The second-order valence-electron chi connectivity index (χ2n) is 3.50. The van der Waals surface area contributed by atoms with Crippen LogP contribution in [-0.2, 0) is 9.53 Å². The van der Waals surface area contributed by atoms with E-state index in [1.165, 1.54) is 36.5 Å². The number of hydrogen-bond donors (Lipinski definition) is 0. The fraction of sp³-hybridized carbons (Fsp3) is 0.0909. The highest BCUT2D eigenvalue weighted by atomic mass is 32.2. The molecule has 1 amide bonds. The number of thiocarbonyl (C=S) groups is 1. The van der Waals surface area contributed by atoms with Gasteiger partial charge in [-0.3, -0.25) is 19.8 Å². The van der Waals surface area contributed by atoms with Gasteiger partial charge in [-0.15, -0.1) is 0 Å². The summed E-state index contributed by atoms with van der Waals surface area (Å²) in [5.74, 6) is -0.350. The second kappa shape index (κ2) is 5.37. The van der Waals surface area contributed by atoms with Gasteiger partial charge < -0.3 is 4.74 Å². The van der Waals surface area contributed by atoms with Crippen molar-refractivity contribution in [3.05, 3.63) is 45.5 Å². The number of benzene rings is 1. The van der Waals surface area contributed by atoms with Crippen molar-refractivity contribution < 1.29 is 14.5 Å². The summed E-state index contributed by atoms with van der Waals surface area (Å²) in [7, 11) is 1.43. The third-order valence-corrected chi connectivity index (χ3v) is 3.60. The highest BCUT2D eigenvalue weighted by Gasteiger charge is 2.34. The van der Waals surface area contributed by atoms with Crippen molar-refractivity contribution in [3.8, 4) is 0 Å². The zero-order valence-electron chi connectivity index (χ0n) is 9.73. The Morgan fingerprint density at radius 2 is 2.26 bits per heavy atom. The Bertz CT molecular complexity index is 600. The summed E-state index contributed by atoms with van der Waals surface area (Å²) in [5.41, 5.74) is 0.276. The molecule has 0 saturated carbocycles. The molecule has 0 atom stereocenters. The van der Waals surface area contributed by atoms with E-state index in [-0.39, 0.29) is 11.6 Å². The summed E-state index contributed by atoms with van der Waals surface area (Å²) in [6.45, 7) is 0. The molecule has 0 aliphatic carbocycles. The SMILES string of the molecule is CO/C=C1/SC(=S)N(c2cccc([N+](=O)[O-])c2)C1=O. The van der Waals surface area contributed by atoms with Gasteiger partial charge in [0.05, 0.1) is 17.7 Å². The smallest absolute Gasteiger partial charge is 0.273 e. The largest absolute Gasteiger partial charge is 0.503 e. The molecule has 1 aliphatic rings. The van der Waals surface area contributed by atoms with Crippen LogP contribution in [0.4, 0.5) is 11.4 Å². The summed E-state index contributed by atoms with van der Waals surface area (Å²) < 4.78 is 5.11. The molecule has 1 saturated heterocycles. The van der Waals surface area contributed by atoms with Crippen LogP contribution in [0.15, 0.2) is 35.4 Å². The molecule has 2 rings (SSSR count). The first-order valence-electron chi connectivity index (χ1n) is 5.08. The van der Waals surface area contributed by atoms with Crippen LogP contribution < -0.4 is 4.90 Å². The number of non-ortho nitro benzene ring substituents is 1. The van der Waals surface area contributed by atoms with Crippen molar-refractivity contribution in [3.63, 3.8) is 0 Å². The van der Waals surface area contributed by atoms with Crippen LogP contribution in [0.3, 0.4) is 0 Å². The molecular weight excluding hydrogens is 288 g/mol. The maximum Gasteiger partial charge on any atom is 0.273 e. The number of methoxy groups -OCH3 is 1. The van der Waals surface area contributed by atoms with E-state index in [2.05, 4.69) is 0 Å². The molecule has 0 unspecified atom stereocenters. The number of nitro benzene ring substituents is 1. The predicted molar refractivity (Wildman–Crippen MR) is 75.9 cm³/mol. The van der Waals surface area contributed by atoms with Crippen molar-refractivity contribution in [2.75, 3.05) is 12.0 Å². The lowest BCUT2D eigenvalue weighted by atomic mass is 10.2. The zero-order chi connectivity index (χ0) is 14.0. The number of carbonyl (C=O) groups excluding carboxylic acids is 1. The number of nitro groups is 1. The van der Waals surface area contributed by atoms with Crippen LogP contribution in [0, 0.1) is 10.1 Å². The quantitative estimate of drug-likeness (QED) is 0.280. The Balaban J connectivity index is 2.39. The second-order valence-corrected chi connectivity index (χ2v) is 5.18. The Kier molecular flexibility index (Phi) is 3.82. The maximum atomic E-state index is 12.1. The minimum atomic E-state index is -0.522. The molecule has 1 aliphatic heterocycles. The minimum absolute atomic E-state index is 0.0951. The van der Waals surface area contributed by atoms with E-state index in [4.69, 9.17) is 17.0 Å². The number of ether oxygens (including phenoxy) is 1. The topological polar surface area (TPSA) is 72.7 Å². The fourth-order valence-corrected chi connectivity index (χ4v) is 2.77. The molecule has 0 bridgehead atoms. The normalized spacial score (nSPS) is 17.1.